The number of nitrogens with two attached hydrogens (primary N) is 1. The molecule has 102 valence electrons. The lowest BCUT2D eigenvalue weighted by atomic mass is 10.2. The van der Waals surface area contributed by atoms with Crippen molar-refractivity contribution < 1.29 is 8.42 Å². The molecule has 6 nitrogen and oxygen atoms in total. The molecule has 4 N–H and O–H groups in total. The van der Waals surface area contributed by atoms with Crippen molar-refractivity contribution in [3.05, 3.63) is 41.7 Å². The molecule has 2 rings (SSSR count). The minimum Gasteiger partial charge on any atom is -0.398 e. The summed E-state index contributed by atoms with van der Waals surface area (Å²) in [5.74, 6) is 0. The fraction of sp³-hybridized carbons (Fsp3) is 0.250. The molecule has 1 aromatic carbocycles. The monoisotopic (exact) mass is 280 g/mol. The Labute approximate surface area is 112 Å². The molecular weight excluding hydrogens is 264 g/mol. The van der Waals surface area contributed by atoms with E-state index in [4.69, 9.17) is 5.73 Å². The van der Waals surface area contributed by atoms with Gasteiger partial charge in [0.15, 0.2) is 0 Å². The van der Waals surface area contributed by atoms with Crippen LogP contribution in [0.2, 0.25) is 0 Å². The molecule has 1 heterocycles. The molecule has 7 heteroatoms. The molecular formula is C12H16N4O2S. The number of aromatic nitrogens is 2. The highest BCUT2D eigenvalue weighted by Crippen LogP contribution is 2.19. The number of benzene rings is 1. The molecule has 0 bridgehead atoms. The number of nitrogen functional groups attached to an aromatic ring is 1. The highest BCUT2D eigenvalue weighted by atomic mass is 32.2. The zero-order valence-electron chi connectivity index (χ0n) is 10.7. The van der Waals surface area contributed by atoms with E-state index in [0.29, 0.717) is 5.69 Å². The third-order valence-corrected chi connectivity index (χ3v) is 4.45. The molecule has 0 saturated heterocycles. The van der Waals surface area contributed by atoms with Gasteiger partial charge < -0.3 is 5.73 Å². The maximum Gasteiger partial charge on any atom is 0.241 e. The van der Waals surface area contributed by atoms with Gasteiger partial charge in [-0.05, 0) is 31.5 Å². The summed E-state index contributed by atoms with van der Waals surface area (Å²) in [6.45, 7) is 3.58. The third-order valence-electron chi connectivity index (χ3n) is 2.91. The number of aromatic amines is 1. The fourth-order valence-electron chi connectivity index (χ4n) is 1.65. The molecule has 0 radical (unpaired) electrons. The van der Waals surface area contributed by atoms with E-state index in [2.05, 4.69) is 14.9 Å². The summed E-state index contributed by atoms with van der Waals surface area (Å²) >= 11 is 0. The van der Waals surface area contributed by atoms with Crippen molar-refractivity contribution in [2.75, 3.05) is 5.73 Å². The SMILES string of the molecule is Cc1ccc(S(=O)(=O)NC(C)c2cn[nH]c2)cc1N. The van der Waals surface area contributed by atoms with Crippen LogP contribution in [-0.4, -0.2) is 18.6 Å². The number of hydrogen-bond donors (Lipinski definition) is 3. The normalized spacial score (nSPS) is 13.4. The molecule has 0 fully saturated rings. The Kier molecular flexibility index (Phi) is 3.59. The van der Waals surface area contributed by atoms with Crippen LogP contribution in [0.1, 0.15) is 24.1 Å². The Bertz CT molecular complexity index is 665. The number of nitrogens with zero attached hydrogens (tertiary/aromatic N) is 1. The van der Waals surface area contributed by atoms with E-state index in [1.807, 2.05) is 6.92 Å². The molecule has 0 spiro atoms. The molecule has 0 aliphatic carbocycles. The van der Waals surface area contributed by atoms with Crippen molar-refractivity contribution in [2.45, 2.75) is 24.8 Å². The highest BCUT2D eigenvalue weighted by Gasteiger charge is 2.19. The van der Waals surface area contributed by atoms with Gasteiger partial charge in [-0.25, -0.2) is 13.1 Å². The summed E-state index contributed by atoms with van der Waals surface area (Å²) in [7, 11) is -3.60. The number of sulfonamides is 1. The van der Waals surface area contributed by atoms with E-state index in [9.17, 15) is 8.42 Å². The molecule has 0 amide bonds. The standard InChI is InChI=1S/C12H16N4O2S/c1-8-3-4-11(5-12(8)13)19(17,18)16-9(2)10-6-14-15-7-10/h3-7,9,16H,13H2,1-2H3,(H,14,15). The zero-order valence-corrected chi connectivity index (χ0v) is 11.5. The smallest absolute Gasteiger partial charge is 0.241 e. The van der Waals surface area contributed by atoms with Gasteiger partial charge in [-0.15, -0.1) is 0 Å². The average Bonchev–Trinajstić information content (AvgIpc) is 2.85. The Morgan fingerprint density at radius 1 is 1.42 bits per heavy atom. The lowest BCUT2D eigenvalue weighted by molar-refractivity contribution is 0.567. The van der Waals surface area contributed by atoms with Crippen LogP contribution in [-0.2, 0) is 10.0 Å². The number of aryl methyl sites for hydroxylation is 1. The van der Waals surface area contributed by atoms with Gasteiger partial charge in [-0.1, -0.05) is 6.07 Å². The first-order valence-electron chi connectivity index (χ1n) is 5.77. The molecule has 1 unspecified atom stereocenters. The van der Waals surface area contributed by atoms with Crippen molar-refractivity contribution in [1.82, 2.24) is 14.9 Å². The predicted octanol–water partition coefficient (Wildman–Crippen LogP) is 1.34. The van der Waals surface area contributed by atoms with Gasteiger partial charge in [0, 0.05) is 23.5 Å². The van der Waals surface area contributed by atoms with Crippen molar-refractivity contribution >= 4 is 15.7 Å². The maximum absolute atomic E-state index is 12.2. The zero-order chi connectivity index (χ0) is 14.0. The van der Waals surface area contributed by atoms with Gasteiger partial charge in [0.2, 0.25) is 10.0 Å². The van der Waals surface area contributed by atoms with Crippen molar-refractivity contribution in [3.63, 3.8) is 0 Å². The van der Waals surface area contributed by atoms with Crippen LogP contribution in [0.5, 0.6) is 0 Å². The minimum atomic E-state index is -3.60. The number of H-pyrrole nitrogens is 1. The molecule has 19 heavy (non-hydrogen) atoms. The van der Waals surface area contributed by atoms with Gasteiger partial charge in [0.1, 0.15) is 0 Å². The van der Waals surface area contributed by atoms with Crippen LogP contribution in [0, 0.1) is 6.92 Å². The molecule has 1 atom stereocenters. The van der Waals surface area contributed by atoms with Crippen molar-refractivity contribution in [1.29, 1.82) is 0 Å². The Morgan fingerprint density at radius 3 is 2.74 bits per heavy atom. The quantitative estimate of drug-likeness (QED) is 0.736. The van der Waals surface area contributed by atoms with E-state index in [-0.39, 0.29) is 10.9 Å². The lowest BCUT2D eigenvalue weighted by Gasteiger charge is -2.13. The molecule has 0 aliphatic rings. The van der Waals surface area contributed by atoms with Crippen LogP contribution in [0.4, 0.5) is 5.69 Å². The first-order valence-corrected chi connectivity index (χ1v) is 7.25. The number of nitrogens with one attached hydrogen (secondary N) is 2. The van der Waals surface area contributed by atoms with E-state index in [1.165, 1.54) is 12.1 Å². The van der Waals surface area contributed by atoms with Crippen LogP contribution in [0.25, 0.3) is 0 Å². The van der Waals surface area contributed by atoms with Crippen molar-refractivity contribution in [3.8, 4) is 0 Å². The summed E-state index contributed by atoms with van der Waals surface area (Å²) in [5.41, 5.74) is 7.81. The van der Waals surface area contributed by atoms with Crippen LogP contribution < -0.4 is 10.5 Å². The largest absolute Gasteiger partial charge is 0.398 e. The third kappa shape index (κ3) is 2.94. The Balaban J connectivity index is 2.25. The first-order chi connectivity index (χ1) is 8.90. The molecule has 0 saturated carbocycles. The van der Waals surface area contributed by atoms with E-state index < -0.39 is 10.0 Å². The summed E-state index contributed by atoms with van der Waals surface area (Å²) < 4.78 is 27.0. The van der Waals surface area contributed by atoms with Crippen LogP contribution >= 0.6 is 0 Å². The first kappa shape index (κ1) is 13.6. The number of rotatable bonds is 4. The minimum absolute atomic E-state index is 0.158. The van der Waals surface area contributed by atoms with Gasteiger partial charge >= 0.3 is 0 Å². The second-order valence-corrected chi connectivity index (χ2v) is 6.11. The van der Waals surface area contributed by atoms with Gasteiger partial charge in [0.25, 0.3) is 0 Å². The molecule has 1 aromatic heterocycles. The second kappa shape index (κ2) is 5.02. The molecule has 2 aromatic rings. The van der Waals surface area contributed by atoms with E-state index >= 15 is 0 Å². The summed E-state index contributed by atoms with van der Waals surface area (Å²) in [4.78, 5) is 0.158. The average molecular weight is 280 g/mol. The number of anilines is 1. The van der Waals surface area contributed by atoms with Crippen LogP contribution in [0.3, 0.4) is 0 Å². The number of hydrogen-bond acceptors (Lipinski definition) is 4. The van der Waals surface area contributed by atoms with Crippen molar-refractivity contribution in [2.24, 2.45) is 0 Å². The van der Waals surface area contributed by atoms with Gasteiger partial charge in [-0.2, -0.15) is 5.10 Å². The summed E-state index contributed by atoms with van der Waals surface area (Å²) in [6, 6.07) is 4.31. The van der Waals surface area contributed by atoms with Gasteiger partial charge in [-0.3, -0.25) is 5.10 Å². The summed E-state index contributed by atoms with van der Waals surface area (Å²) in [5, 5.41) is 6.44. The van der Waals surface area contributed by atoms with Gasteiger partial charge in [0.05, 0.1) is 11.1 Å². The topological polar surface area (TPSA) is 101 Å². The maximum atomic E-state index is 12.2. The second-order valence-electron chi connectivity index (χ2n) is 4.39. The lowest BCUT2D eigenvalue weighted by Crippen LogP contribution is -2.26. The summed E-state index contributed by atoms with van der Waals surface area (Å²) in [6.07, 6.45) is 3.23. The predicted molar refractivity (Wildman–Crippen MR) is 72.9 cm³/mol. The van der Waals surface area contributed by atoms with Crippen LogP contribution in [0.15, 0.2) is 35.5 Å². The highest BCUT2D eigenvalue weighted by molar-refractivity contribution is 7.89. The molecule has 0 aliphatic heterocycles. The van der Waals surface area contributed by atoms with E-state index in [1.54, 1.807) is 25.4 Å². The fourth-order valence-corrected chi connectivity index (χ4v) is 2.92. The Hall–Kier alpha value is -1.86. The Morgan fingerprint density at radius 2 is 2.16 bits per heavy atom. The van der Waals surface area contributed by atoms with E-state index in [0.717, 1.165) is 11.1 Å².